The number of ether oxygens (including phenoxy) is 2. The van der Waals surface area contributed by atoms with Crippen LogP contribution in [-0.4, -0.2) is 62.7 Å². The molecule has 1 aliphatic heterocycles. The molecule has 2 aromatic carbocycles. The van der Waals surface area contributed by atoms with Crippen molar-refractivity contribution in [2.75, 3.05) is 29.8 Å². The van der Waals surface area contributed by atoms with E-state index in [1.54, 1.807) is 37.3 Å². The van der Waals surface area contributed by atoms with Crippen molar-refractivity contribution in [1.29, 1.82) is 0 Å². The molecule has 0 aromatic heterocycles. The van der Waals surface area contributed by atoms with Gasteiger partial charge in [-0.25, -0.2) is 8.42 Å². The van der Waals surface area contributed by atoms with Crippen molar-refractivity contribution in [3.63, 3.8) is 0 Å². The number of fused-ring (bicyclic) bond motifs is 1. The molecule has 2 aromatic rings. The summed E-state index contributed by atoms with van der Waals surface area (Å²) < 4.78 is 38.5. The normalized spacial score (nSPS) is 13.7. The van der Waals surface area contributed by atoms with E-state index in [0.717, 1.165) is 4.31 Å². The van der Waals surface area contributed by atoms with Gasteiger partial charge in [-0.2, -0.15) is 0 Å². The lowest BCUT2D eigenvalue weighted by Gasteiger charge is -2.34. The Labute approximate surface area is 234 Å². The molecule has 1 N–H and O–H groups in total. The molecule has 0 radical (unpaired) electrons. The second-order valence-corrected chi connectivity index (χ2v) is 12.1. The third-order valence-electron chi connectivity index (χ3n) is 5.97. The summed E-state index contributed by atoms with van der Waals surface area (Å²) >= 11 is 12.4. The van der Waals surface area contributed by atoms with Gasteiger partial charge < -0.3 is 19.7 Å². The second kappa shape index (κ2) is 12.9. The largest absolute Gasteiger partial charge is 0.486 e. The Bertz CT molecular complexity index is 1270. The summed E-state index contributed by atoms with van der Waals surface area (Å²) in [6.45, 7) is 7.12. The number of carbonyl (C=O) groups is 2. The molecular formula is C26H33Cl2N3O6S. The molecule has 0 unspecified atom stereocenters. The first kappa shape index (κ1) is 29.9. The fourth-order valence-corrected chi connectivity index (χ4v) is 5.56. The Morgan fingerprint density at radius 3 is 2.32 bits per heavy atom. The molecule has 1 aliphatic rings. The van der Waals surface area contributed by atoms with Crippen molar-refractivity contribution in [2.24, 2.45) is 0 Å². The van der Waals surface area contributed by atoms with Crippen LogP contribution in [0.2, 0.25) is 10.0 Å². The number of sulfonamides is 1. The van der Waals surface area contributed by atoms with Crippen LogP contribution in [0.4, 0.5) is 5.69 Å². The zero-order valence-corrected chi connectivity index (χ0v) is 24.2. The number of hydrogen-bond donors (Lipinski definition) is 1. The topological polar surface area (TPSA) is 105 Å². The lowest BCUT2D eigenvalue weighted by molar-refractivity contribution is -0.140. The number of nitrogens with zero attached hydrogens (tertiary/aromatic N) is 2. The predicted molar refractivity (Wildman–Crippen MR) is 149 cm³/mol. The first-order valence-electron chi connectivity index (χ1n) is 12.4. The molecular weight excluding hydrogens is 553 g/mol. The van der Waals surface area contributed by atoms with Gasteiger partial charge in [0.1, 0.15) is 25.8 Å². The Morgan fingerprint density at radius 1 is 1.03 bits per heavy atom. The standard InChI is InChI=1S/C26H33Cl2N3O6S/c1-5-22(26(33)29-17(3)4)30(15-18-7-8-19(27)13-21(18)28)25(32)16-31(38(34,35)6-2)20-9-10-23-24(14-20)37-12-11-36-23/h7-10,13-14,17,22H,5-6,11-12,15-16H2,1-4H3,(H,29,33)/t22-/m1/s1. The number of anilines is 1. The molecule has 208 valence electrons. The fourth-order valence-electron chi connectivity index (χ4n) is 4.04. The van der Waals surface area contributed by atoms with Crippen LogP contribution >= 0.6 is 23.2 Å². The summed E-state index contributed by atoms with van der Waals surface area (Å²) in [5.41, 5.74) is 0.832. The summed E-state index contributed by atoms with van der Waals surface area (Å²) in [6.07, 6.45) is 0.306. The highest BCUT2D eigenvalue weighted by Gasteiger charge is 2.33. The summed E-state index contributed by atoms with van der Waals surface area (Å²) in [4.78, 5) is 28.3. The summed E-state index contributed by atoms with van der Waals surface area (Å²) in [7, 11) is -3.88. The van der Waals surface area contributed by atoms with Crippen LogP contribution in [0.5, 0.6) is 11.5 Å². The molecule has 0 spiro atoms. The highest BCUT2D eigenvalue weighted by atomic mass is 35.5. The van der Waals surface area contributed by atoms with E-state index in [2.05, 4.69) is 5.32 Å². The van der Waals surface area contributed by atoms with Crippen molar-refractivity contribution in [2.45, 2.75) is 52.7 Å². The molecule has 2 amide bonds. The van der Waals surface area contributed by atoms with Gasteiger partial charge in [-0.1, -0.05) is 36.2 Å². The predicted octanol–water partition coefficient (Wildman–Crippen LogP) is 4.25. The van der Waals surface area contributed by atoms with Crippen LogP contribution in [0.15, 0.2) is 36.4 Å². The third kappa shape index (κ3) is 7.24. The van der Waals surface area contributed by atoms with E-state index in [-0.39, 0.29) is 29.9 Å². The van der Waals surface area contributed by atoms with E-state index >= 15 is 0 Å². The van der Waals surface area contributed by atoms with E-state index < -0.39 is 28.5 Å². The van der Waals surface area contributed by atoms with Crippen LogP contribution in [0.25, 0.3) is 0 Å². The fraction of sp³-hybridized carbons (Fsp3) is 0.462. The van der Waals surface area contributed by atoms with Crippen LogP contribution in [0.3, 0.4) is 0 Å². The van der Waals surface area contributed by atoms with Crippen molar-refractivity contribution in [1.82, 2.24) is 10.2 Å². The number of rotatable bonds is 11. The van der Waals surface area contributed by atoms with Crippen molar-refractivity contribution in [3.8, 4) is 11.5 Å². The summed E-state index contributed by atoms with van der Waals surface area (Å²) in [5.74, 6) is -0.248. The Balaban J connectivity index is 2.01. The number of nitrogens with one attached hydrogen (secondary N) is 1. The molecule has 38 heavy (non-hydrogen) atoms. The number of amides is 2. The number of benzene rings is 2. The van der Waals surface area contributed by atoms with Crippen molar-refractivity contribution >= 4 is 50.7 Å². The number of halogens is 2. The van der Waals surface area contributed by atoms with Gasteiger partial charge in [0.2, 0.25) is 21.8 Å². The molecule has 0 saturated carbocycles. The van der Waals surface area contributed by atoms with E-state index in [0.29, 0.717) is 46.7 Å². The average Bonchev–Trinajstić information content (AvgIpc) is 2.87. The molecule has 0 saturated heterocycles. The van der Waals surface area contributed by atoms with Gasteiger partial charge in [-0.15, -0.1) is 0 Å². The number of hydrogen-bond acceptors (Lipinski definition) is 6. The van der Waals surface area contributed by atoms with Gasteiger partial charge in [-0.05, 0) is 57.0 Å². The molecule has 1 heterocycles. The van der Waals surface area contributed by atoms with E-state index in [1.165, 1.54) is 17.9 Å². The Morgan fingerprint density at radius 2 is 1.71 bits per heavy atom. The average molecular weight is 587 g/mol. The van der Waals surface area contributed by atoms with Crippen molar-refractivity contribution in [3.05, 3.63) is 52.0 Å². The van der Waals surface area contributed by atoms with Gasteiger partial charge in [0.15, 0.2) is 11.5 Å². The molecule has 0 aliphatic carbocycles. The SMILES string of the molecule is CC[C@H](C(=O)NC(C)C)N(Cc1ccc(Cl)cc1Cl)C(=O)CN(c1ccc2c(c1)OCCO2)S(=O)(=O)CC. The lowest BCUT2D eigenvalue weighted by Crippen LogP contribution is -2.53. The van der Waals surface area contributed by atoms with Crippen LogP contribution in [-0.2, 0) is 26.2 Å². The van der Waals surface area contributed by atoms with Crippen LogP contribution in [0, 0.1) is 0 Å². The zero-order chi connectivity index (χ0) is 28.0. The minimum Gasteiger partial charge on any atom is -0.486 e. The minimum absolute atomic E-state index is 0.0139. The van der Waals surface area contributed by atoms with Gasteiger partial charge in [0.25, 0.3) is 0 Å². The van der Waals surface area contributed by atoms with Gasteiger partial charge >= 0.3 is 0 Å². The van der Waals surface area contributed by atoms with Crippen LogP contribution in [0.1, 0.15) is 39.7 Å². The van der Waals surface area contributed by atoms with E-state index in [9.17, 15) is 18.0 Å². The lowest BCUT2D eigenvalue weighted by atomic mass is 10.1. The maximum Gasteiger partial charge on any atom is 0.244 e. The summed E-state index contributed by atoms with van der Waals surface area (Å²) in [5, 5.41) is 3.61. The van der Waals surface area contributed by atoms with Gasteiger partial charge in [0, 0.05) is 28.7 Å². The van der Waals surface area contributed by atoms with E-state index in [4.69, 9.17) is 32.7 Å². The quantitative estimate of drug-likeness (QED) is 0.422. The second-order valence-electron chi connectivity index (χ2n) is 9.08. The molecule has 0 fully saturated rings. The van der Waals surface area contributed by atoms with Crippen LogP contribution < -0.4 is 19.1 Å². The first-order chi connectivity index (χ1) is 18.0. The Hall–Kier alpha value is -2.69. The molecule has 12 heteroatoms. The molecule has 3 rings (SSSR count). The monoisotopic (exact) mass is 585 g/mol. The van der Waals surface area contributed by atoms with Gasteiger partial charge in [0.05, 0.1) is 11.4 Å². The summed E-state index contributed by atoms with van der Waals surface area (Å²) in [6, 6.07) is 8.59. The Kier molecular flexibility index (Phi) is 10.1. The highest BCUT2D eigenvalue weighted by Crippen LogP contribution is 2.35. The first-order valence-corrected chi connectivity index (χ1v) is 14.8. The number of carbonyl (C=O) groups excluding carboxylic acids is 2. The maximum atomic E-state index is 13.9. The maximum absolute atomic E-state index is 13.9. The molecule has 0 bridgehead atoms. The van der Waals surface area contributed by atoms with Gasteiger partial charge in [-0.3, -0.25) is 13.9 Å². The minimum atomic E-state index is -3.88. The van der Waals surface area contributed by atoms with E-state index in [1.807, 2.05) is 13.8 Å². The van der Waals surface area contributed by atoms with Crippen molar-refractivity contribution < 1.29 is 27.5 Å². The third-order valence-corrected chi connectivity index (χ3v) is 8.29. The highest BCUT2D eigenvalue weighted by molar-refractivity contribution is 7.92. The smallest absolute Gasteiger partial charge is 0.244 e. The molecule has 1 atom stereocenters. The molecule has 9 nitrogen and oxygen atoms in total. The zero-order valence-electron chi connectivity index (χ0n) is 21.9.